The van der Waals surface area contributed by atoms with E-state index in [4.69, 9.17) is 9.47 Å². The van der Waals surface area contributed by atoms with Gasteiger partial charge in [-0.1, -0.05) is 6.07 Å². The standard InChI is InChI=1S/C19H21NO5/c1-4-24-16-8-10-17(11-9-16)25-13(2)18(21)20-15-7-5-6-14(12-15)19(22)23-3/h5-13H,4H2,1-3H3,(H,20,21). The van der Waals surface area contributed by atoms with Crippen LogP contribution in [0, 0.1) is 0 Å². The van der Waals surface area contributed by atoms with Crippen LogP contribution in [0.4, 0.5) is 5.69 Å². The van der Waals surface area contributed by atoms with E-state index in [2.05, 4.69) is 10.1 Å². The van der Waals surface area contributed by atoms with Crippen molar-refractivity contribution in [2.45, 2.75) is 20.0 Å². The summed E-state index contributed by atoms with van der Waals surface area (Å²) < 4.78 is 15.6. The van der Waals surface area contributed by atoms with Gasteiger partial charge < -0.3 is 19.5 Å². The quantitative estimate of drug-likeness (QED) is 0.781. The highest BCUT2D eigenvalue weighted by molar-refractivity contribution is 5.96. The highest BCUT2D eigenvalue weighted by Gasteiger charge is 2.16. The molecule has 132 valence electrons. The molecular formula is C19H21NO5. The van der Waals surface area contributed by atoms with Crippen LogP contribution in [-0.4, -0.2) is 31.7 Å². The molecule has 25 heavy (non-hydrogen) atoms. The highest BCUT2D eigenvalue weighted by atomic mass is 16.5. The van der Waals surface area contributed by atoms with Crippen molar-refractivity contribution < 1.29 is 23.8 Å². The fourth-order valence-electron chi connectivity index (χ4n) is 2.12. The summed E-state index contributed by atoms with van der Waals surface area (Å²) in [5.41, 5.74) is 0.857. The molecule has 0 saturated heterocycles. The molecule has 1 unspecified atom stereocenters. The highest BCUT2D eigenvalue weighted by Crippen LogP contribution is 2.19. The van der Waals surface area contributed by atoms with E-state index in [1.807, 2.05) is 6.92 Å². The number of nitrogens with one attached hydrogen (secondary N) is 1. The van der Waals surface area contributed by atoms with E-state index in [0.29, 0.717) is 23.6 Å². The van der Waals surface area contributed by atoms with Crippen LogP contribution in [0.25, 0.3) is 0 Å². The number of methoxy groups -OCH3 is 1. The molecule has 0 fully saturated rings. The van der Waals surface area contributed by atoms with E-state index in [9.17, 15) is 9.59 Å². The molecule has 1 N–H and O–H groups in total. The zero-order valence-electron chi connectivity index (χ0n) is 14.4. The largest absolute Gasteiger partial charge is 0.494 e. The SMILES string of the molecule is CCOc1ccc(OC(C)C(=O)Nc2cccc(C(=O)OC)c2)cc1. The number of anilines is 1. The summed E-state index contributed by atoms with van der Waals surface area (Å²) in [6.07, 6.45) is -0.709. The van der Waals surface area contributed by atoms with Crippen LogP contribution in [0.15, 0.2) is 48.5 Å². The Balaban J connectivity index is 1.97. The summed E-state index contributed by atoms with van der Waals surface area (Å²) >= 11 is 0. The molecular weight excluding hydrogens is 322 g/mol. The van der Waals surface area contributed by atoms with Crippen LogP contribution < -0.4 is 14.8 Å². The number of hydrogen-bond acceptors (Lipinski definition) is 5. The summed E-state index contributed by atoms with van der Waals surface area (Å²) in [6, 6.07) is 13.6. The van der Waals surface area contributed by atoms with Gasteiger partial charge in [-0.05, 0) is 56.3 Å². The third kappa shape index (κ3) is 5.24. The van der Waals surface area contributed by atoms with Crippen molar-refractivity contribution >= 4 is 17.6 Å². The molecule has 2 rings (SSSR count). The van der Waals surface area contributed by atoms with Gasteiger partial charge in [0.1, 0.15) is 11.5 Å². The molecule has 0 spiro atoms. The topological polar surface area (TPSA) is 73.9 Å². The molecule has 6 heteroatoms. The molecule has 0 saturated carbocycles. The second kappa shape index (κ2) is 8.73. The van der Waals surface area contributed by atoms with Crippen molar-refractivity contribution in [3.05, 3.63) is 54.1 Å². The van der Waals surface area contributed by atoms with Gasteiger partial charge in [0.2, 0.25) is 0 Å². The second-order valence-corrected chi connectivity index (χ2v) is 5.23. The van der Waals surface area contributed by atoms with E-state index in [1.54, 1.807) is 55.5 Å². The minimum Gasteiger partial charge on any atom is -0.494 e. The van der Waals surface area contributed by atoms with Gasteiger partial charge in [-0.15, -0.1) is 0 Å². The van der Waals surface area contributed by atoms with Crippen LogP contribution in [0.3, 0.4) is 0 Å². The van der Waals surface area contributed by atoms with Gasteiger partial charge in [0.05, 0.1) is 19.3 Å². The van der Waals surface area contributed by atoms with E-state index in [0.717, 1.165) is 5.75 Å². The van der Waals surface area contributed by atoms with Gasteiger partial charge in [-0.2, -0.15) is 0 Å². The lowest BCUT2D eigenvalue weighted by atomic mass is 10.2. The Morgan fingerprint density at radius 2 is 1.76 bits per heavy atom. The summed E-state index contributed by atoms with van der Waals surface area (Å²) in [6.45, 7) is 4.14. The molecule has 0 aliphatic heterocycles. The number of benzene rings is 2. The van der Waals surface area contributed by atoms with Crippen molar-refractivity contribution in [2.75, 3.05) is 19.0 Å². The summed E-state index contributed by atoms with van der Waals surface area (Å²) in [4.78, 5) is 23.8. The Hall–Kier alpha value is -3.02. The third-order valence-electron chi connectivity index (χ3n) is 3.37. The number of carbonyl (C=O) groups is 2. The van der Waals surface area contributed by atoms with Crippen LogP contribution in [0.5, 0.6) is 11.5 Å². The Bertz CT molecular complexity index is 727. The first kappa shape index (κ1) is 18.3. The van der Waals surface area contributed by atoms with E-state index >= 15 is 0 Å². The minimum atomic E-state index is -0.709. The Kier molecular flexibility index (Phi) is 6.39. The molecule has 1 amide bonds. The van der Waals surface area contributed by atoms with Crippen LogP contribution in [0.1, 0.15) is 24.2 Å². The van der Waals surface area contributed by atoms with Gasteiger partial charge in [0.25, 0.3) is 5.91 Å². The number of amides is 1. The smallest absolute Gasteiger partial charge is 0.337 e. The number of carbonyl (C=O) groups excluding carboxylic acids is 2. The second-order valence-electron chi connectivity index (χ2n) is 5.23. The average Bonchev–Trinajstić information content (AvgIpc) is 2.63. The van der Waals surface area contributed by atoms with E-state index < -0.39 is 12.1 Å². The summed E-state index contributed by atoms with van der Waals surface area (Å²) in [7, 11) is 1.31. The predicted octanol–water partition coefficient (Wildman–Crippen LogP) is 3.28. The fraction of sp³-hybridized carbons (Fsp3) is 0.263. The molecule has 2 aromatic rings. The minimum absolute atomic E-state index is 0.323. The molecule has 0 radical (unpaired) electrons. The van der Waals surface area contributed by atoms with Gasteiger partial charge in [-0.25, -0.2) is 4.79 Å². The number of esters is 1. The molecule has 0 heterocycles. The molecule has 1 atom stereocenters. The Morgan fingerprint density at radius 1 is 1.08 bits per heavy atom. The van der Waals surface area contributed by atoms with Crippen LogP contribution >= 0.6 is 0 Å². The lowest BCUT2D eigenvalue weighted by Gasteiger charge is -2.15. The van der Waals surface area contributed by atoms with Crippen molar-refractivity contribution in [3.8, 4) is 11.5 Å². The first-order chi connectivity index (χ1) is 12.0. The number of ether oxygens (including phenoxy) is 3. The molecule has 0 aliphatic rings. The lowest BCUT2D eigenvalue weighted by Crippen LogP contribution is -2.30. The zero-order chi connectivity index (χ0) is 18.2. The lowest BCUT2D eigenvalue weighted by molar-refractivity contribution is -0.122. The van der Waals surface area contributed by atoms with Gasteiger partial charge in [-0.3, -0.25) is 4.79 Å². The molecule has 0 aromatic heterocycles. The third-order valence-corrected chi connectivity index (χ3v) is 3.37. The molecule has 0 aliphatic carbocycles. The van der Waals surface area contributed by atoms with E-state index in [1.165, 1.54) is 7.11 Å². The van der Waals surface area contributed by atoms with Crippen molar-refractivity contribution in [2.24, 2.45) is 0 Å². The first-order valence-corrected chi connectivity index (χ1v) is 7.92. The molecule has 2 aromatic carbocycles. The normalized spacial score (nSPS) is 11.3. The first-order valence-electron chi connectivity index (χ1n) is 7.92. The van der Waals surface area contributed by atoms with Crippen LogP contribution in [-0.2, 0) is 9.53 Å². The van der Waals surface area contributed by atoms with Crippen LogP contribution in [0.2, 0.25) is 0 Å². The maximum atomic E-state index is 12.3. The predicted molar refractivity (Wildman–Crippen MR) is 94.1 cm³/mol. The van der Waals surface area contributed by atoms with Crippen molar-refractivity contribution in [1.82, 2.24) is 0 Å². The fourth-order valence-corrected chi connectivity index (χ4v) is 2.12. The number of rotatable bonds is 7. The summed E-state index contributed by atoms with van der Waals surface area (Å²) in [5, 5.41) is 2.72. The maximum absolute atomic E-state index is 12.3. The van der Waals surface area contributed by atoms with E-state index in [-0.39, 0.29) is 5.91 Å². The van der Waals surface area contributed by atoms with Gasteiger partial charge >= 0.3 is 5.97 Å². The van der Waals surface area contributed by atoms with Gasteiger partial charge in [0.15, 0.2) is 6.10 Å². The van der Waals surface area contributed by atoms with Gasteiger partial charge in [0, 0.05) is 5.69 Å². The average molecular weight is 343 g/mol. The monoisotopic (exact) mass is 343 g/mol. The molecule has 6 nitrogen and oxygen atoms in total. The summed E-state index contributed by atoms with van der Waals surface area (Å²) in [5.74, 6) is 0.520. The Labute approximate surface area is 146 Å². The zero-order valence-corrected chi connectivity index (χ0v) is 14.4. The number of hydrogen-bond donors (Lipinski definition) is 1. The Morgan fingerprint density at radius 3 is 2.40 bits per heavy atom. The maximum Gasteiger partial charge on any atom is 0.337 e. The molecule has 0 bridgehead atoms. The van der Waals surface area contributed by atoms with Crippen molar-refractivity contribution in [3.63, 3.8) is 0 Å². The van der Waals surface area contributed by atoms with Crippen molar-refractivity contribution in [1.29, 1.82) is 0 Å².